The van der Waals surface area contributed by atoms with Crippen LogP contribution in [0.25, 0.3) is 0 Å². The van der Waals surface area contributed by atoms with Crippen molar-refractivity contribution >= 4 is 50.3 Å². The average Bonchev–Trinajstić information content (AvgIpc) is 2.80. The van der Waals surface area contributed by atoms with Gasteiger partial charge in [0.05, 0.1) is 0 Å². The van der Waals surface area contributed by atoms with Crippen LogP contribution in [0.4, 0.5) is 0 Å². The first-order valence-electron chi connectivity index (χ1n) is 14.7. The topological polar surface area (TPSA) is 63.2 Å². The summed E-state index contributed by atoms with van der Waals surface area (Å²) in [6.45, 7) is 32.7. The van der Waals surface area contributed by atoms with E-state index in [0.717, 1.165) is 6.04 Å². The molecule has 10 heteroatoms. The van der Waals surface area contributed by atoms with Crippen molar-refractivity contribution in [3.63, 3.8) is 0 Å². The maximum atomic E-state index is 12.6. The van der Waals surface area contributed by atoms with Crippen LogP contribution in [-0.4, -0.2) is 81.9 Å². The van der Waals surface area contributed by atoms with Gasteiger partial charge in [-0.3, -0.25) is 0 Å². The molecule has 0 amide bonds. The van der Waals surface area contributed by atoms with Gasteiger partial charge in [0.2, 0.25) is 0 Å². The van der Waals surface area contributed by atoms with Gasteiger partial charge < -0.3 is 0 Å². The Bertz CT molecular complexity index is 1000. The Morgan fingerprint density at radius 2 is 1.41 bits per heavy atom. The van der Waals surface area contributed by atoms with Gasteiger partial charge in [0.25, 0.3) is 0 Å². The summed E-state index contributed by atoms with van der Waals surface area (Å²) in [6, 6.07) is 11.2. The summed E-state index contributed by atoms with van der Waals surface area (Å²) in [5.74, 6) is -0.336. The van der Waals surface area contributed by atoms with Crippen LogP contribution in [0.5, 0.6) is 0 Å². The molecule has 0 N–H and O–H groups in total. The minimum absolute atomic E-state index is 0.0292. The predicted octanol–water partition coefficient (Wildman–Crippen LogP) is 6.86. The molecule has 0 spiro atoms. The molecule has 1 aliphatic rings. The second-order valence-electron chi connectivity index (χ2n) is 14.8. The Kier molecular flexibility index (Phi) is 12.5. The van der Waals surface area contributed by atoms with Gasteiger partial charge in [-0.1, -0.05) is 0 Å². The molecule has 6 nitrogen and oxygen atoms in total. The van der Waals surface area contributed by atoms with Crippen molar-refractivity contribution in [3.8, 4) is 0 Å². The Morgan fingerprint density at radius 3 is 1.88 bits per heavy atom. The van der Waals surface area contributed by atoms with Crippen molar-refractivity contribution in [2.75, 3.05) is 6.61 Å². The summed E-state index contributed by atoms with van der Waals surface area (Å²) >= 11 is -0.134. The predicted molar refractivity (Wildman–Crippen MR) is 179 cm³/mol. The summed E-state index contributed by atoms with van der Waals surface area (Å²) in [5, 5.41) is -0.419. The van der Waals surface area contributed by atoms with E-state index in [1.54, 1.807) is 0 Å². The quantitative estimate of drug-likeness (QED) is 0.136. The molecule has 234 valence electrons. The molecular weight excluding hydrogens is 632 g/mol. The number of carbonyl (C=O) groups excluding carboxylic acids is 1. The molecule has 1 aromatic carbocycles. The van der Waals surface area contributed by atoms with Crippen LogP contribution in [0.1, 0.15) is 48.5 Å². The van der Waals surface area contributed by atoms with E-state index in [4.69, 9.17) is 22.8 Å². The Labute approximate surface area is 259 Å². The molecule has 1 saturated heterocycles. The number of hydrogen-bond donors (Lipinski definition) is 0. The second-order valence-corrected chi connectivity index (χ2v) is 31.0. The van der Waals surface area contributed by atoms with Crippen molar-refractivity contribution in [2.45, 2.75) is 133 Å². The molecule has 1 aliphatic heterocycles. The van der Waals surface area contributed by atoms with Crippen LogP contribution in [0.3, 0.4) is 0 Å². The number of rotatable bonds is 12. The van der Waals surface area contributed by atoms with E-state index >= 15 is 0 Å². The van der Waals surface area contributed by atoms with Gasteiger partial charge in [-0.25, -0.2) is 0 Å². The molecule has 0 unspecified atom stereocenters. The van der Waals surface area contributed by atoms with Crippen LogP contribution < -0.4 is 4.46 Å². The van der Waals surface area contributed by atoms with Gasteiger partial charge in [-0.15, -0.1) is 0 Å². The van der Waals surface area contributed by atoms with E-state index in [1.165, 1.54) is 11.4 Å². The van der Waals surface area contributed by atoms with Crippen LogP contribution in [-0.2, 0) is 27.5 Å². The van der Waals surface area contributed by atoms with E-state index in [9.17, 15) is 4.79 Å². The van der Waals surface area contributed by atoms with Gasteiger partial charge in [-0.05, 0) is 0 Å². The van der Waals surface area contributed by atoms with Crippen LogP contribution in [0.15, 0.2) is 43.0 Å². The normalized spacial score (nSPS) is 24.7. The molecule has 1 fully saturated rings. The van der Waals surface area contributed by atoms with Gasteiger partial charge in [0.1, 0.15) is 0 Å². The molecule has 0 saturated carbocycles. The Balaban J connectivity index is 2.69. The maximum absolute atomic E-state index is 12.6. The monoisotopic (exact) mass is 688 g/mol. The van der Waals surface area contributed by atoms with Crippen molar-refractivity contribution < 1.29 is 27.5 Å². The van der Waals surface area contributed by atoms with E-state index in [0.29, 0.717) is 6.61 Å². The second kappa shape index (κ2) is 14.0. The van der Waals surface area contributed by atoms with Crippen molar-refractivity contribution in [3.05, 3.63) is 43.0 Å². The number of benzene rings is 1. The molecule has 41 heavy (non-hydrogen) atoms. The van der Waals surface area contributed by atoms with Gasteiger partial charge >= 0.3 is 261 Å². The number of hydrogen-bond acceptors (Lipinski definition) is 6. The zero-order chi connectivity index (χ0) is 31.4. The van der Waals surface area contributed by atoms with E-state index < -0.39 is 43.3 Å². The molecule has 0 aromatic heterocycles. The molecule has 1 aromatic rings. The van der Waals surface area contributed by atoms with Crippen LogP contribution in [0.2, 0.25) is 55.4 Å². The number of allylic oxidation sites excluding steroid dienone is 1. The molecule has 0 bridgehead atoms. The first-order valence-corrected chi connectivity index (χ1v) is 25.5. The standard InChI is InChI=1S/C31H56O6SeSi3/c1-15-21-39(9,10)33-22-25-26(36-40(11,12)30(3,4)5)27(37-41(13,14)31(6,7)8)28(34-23(2)32)29(35-25)38-24-19-17-16-18-20-24/h15-20,25-29H,1,21-22H2,2-14H3/t25-,26-,27+,28-,29+/m1/s1. The number of esters is 1. The van der Waals surface area contributed by atoms with Gasteiger partial charge in [0.15, 0.2) is 0 Å². The average molecular weight is 688 g/mol. The third kappa shape index (κ3) is 10.3. The first kappa shape index (κ1) is 36.6. The van der Waals surface area contributed by atoms with Gasteiger partial charge in [0, 0.05) is 0 Å². The van der Waals surface area contributed by atoms with Crippen molar-refractivity contribution in [2.24, 2.45) is 0 Å². The number of carbonyl (C=O) groups is 1. The molecule has 0 aliphatic carbocycles. The van der Waals surface area contributed by atoms with E-state index in [2.05, 4.69) is 99.5 Å². The molecular formula is C31H56O6SeSi3. The summed E-state index contributed by atoms with van der Waals surface area (Å²) < 4.78 is 35.3. The summed E-state index contributed by atoms with van der Waals surface area (Å²) in [6.07, 6.45) is 0.0739. The SMILES string of the molecule is C=CC[Si](C)(C)OC[C@H]1O[C@@H]([Se]c2ccccc2)[C@H](OC(C)=O)[C@@H](O[Si](C)(C)C(C)(C)C)[C@@H]1O[Si](C)(C)C(C)(C)C. The fraction of sp³-hybridized carbons (Fsp3) is 0.710. The Hall–Kier alpha value is -0.560. The molecule has 5 atom stereocenters. The zero-order valence-corrected chi connectivity index (χ0v) is 32.5. The van der Waals surface area contributed by atoms with Crippen LogP contribution >= 0.6 is 0 Å². The number of ether oxygens (including phenoxy) is 2. The van der Waals surface area contributed by atoms with Gasteiger partial charge in [-0.2, -0.15) is 0 Å². The van der Waals surface area contributed by atoms with Crippen LogP contribution in [0, 0.1) is 0 Å². The third-order valence-corrected chi connectivity index (χ3v) is 22.2. The van der Waals surface area contributed by atoms with Crippen molar-refractivity contribution in [1.29, 1.82) is 0 Å². The minimum atomic E-state index is -2.32. The molecule has 2 rings (SSSR count). The summed E-state index contributed by atoms with van der Waals surface area (Å²) in [4.78, 5) is 12.6. The fourth-order valence-corrected chi connectivity index (χ4v) is 10.5. The Morgan fingerprint density at radius 1 is 0.902 bits per heavy atom. The molecule has 0 radical (unpaired) electrons. The summed E-state index contributed by atoms with van der Waals surface area (Å²) in [5.41, 5.74) is 0. The van der Waals surface area contributed by atoms with E-state index in [-0.39, 0.29) is 42.1 Å². The van der Waals surface area contributed by atoms with Crippen molar-refractivity contribution in [1.82, 2.24) is 0 Å². The summed E-state index contributed by atoms with van der Waals surface area (Å²) in [7, 11) is -6.62. The fourth-order valence-electron chi connectivity index (χ4n) is 4.08. The molecule has 1 heterocycles. The van der Waals surface area contributed by atoms with E-state index in [1.807, 2.05) is 24.3 Å². The third-order valence-electron chi connectivity index (χ3n) is 8.64. The first-order chi connectivity index (χ1) is 18.6. The zero-order valence-electron chi connectivity index (χ0n) is 27.8.